The van der Waals surface area contributed by atoms with Crippen LogP contribution in [0.1, 0.15) is 6.42 Å². The maximum Gasteiger partial charge on any atom is 0.335 e. The number of amides is 1. The number of furan rings is 1. The highest BCUT2D eigenvalue weighted by molar-refractivity contribution is 8.17. The number of carbonyl (C=O) groups is 2. The number of thioether (sulfide) groups is 2. The lowest BCUT2D eigenvalue weighted by Gasteiger charge is -2.43. The zero-order valence-electron chi connectivity index (χ0n) is 12.4. The summed E-state index contributed by atoms with van der Waals surface area (Å²) in [7, 11) is 0. The number of nitrogens with zero attached hydrogens (tertiary/aromatic N) is 1. The maximum atomic E-state index is 11.5. The Morgan fingerprint density at radius 1 is 1.29 bits per heavy atom. The van der Waals surface area contributed by atoms with Crippen molar-refractivity contribution in [3.05, 3.63) is 54.4 Å². The largest absolute Gasteiger partial charge is 0.478 e. The highest BCUT2D eigenvalue weighted by Gasteiger charge is 2.43. The van der Waals surface area contributed by atoms with Crippen LogP contribution in [0.2, 0.25) is 0 Å². The van der Waals surface area contributed by atoms with E-state index < -0.39 is 5.97 Å². The quantitative estimate of drug-likeness (QED) is 0.841. The van der Waals surface area contributed by atoms with Crippen molar-refractivity contribution in [2.24, 2.45) is 0 Å². The summed E-state index contributed by atoms with van der Waals surface area (Å²) in [5.74, 6) is -0.198. The summed E-state index contributed by atoms with van der Waals surface area (Å²) in [6.07, 6.45) is 3.60. The van der Waals surface area contributed by atoms with Crippen LogP contribution in [0, 0.1) is 0 Å². The van der Waals surface area contributed by atoms with Crippen LogP contribution in [0.5, 0.6) is 0 Å². The minimum atomic E-state index is -0.981. The fourth-order valence-corrected chi connectivity index (χ4v) is 5.52. The molecule has 1 aromatic heterocycles. The summed E-state index contributed by atoms with van der Waals surface area (Å²) >= 11 is 3.01. The molecule has 122 valence electrons. The van der Waals surface area contributed by atoms with E-state index in [-0.39, 0.29) is 21.4 Å². The number of β-lactam (4-membered cyclic amide) rings is 1. The van der Waals surface area contributed by atoms with E-state index >= 15 is 0 Å². The number of hydrogen-bond donors (Lipinski definition) is 1. The molecule has 24 heavy (non-hydrogen) atoms. The topological polar surface area (TPSA) is 70.8 Å². The molecule has 0 aliphatic carbocycles. The zero-order chi connectivity index (χ0) is 16.7. The Morgan fingerprint density at radius 2 is 2.08 bits per heavy atom. The molecule has 5 nitrogen and oxygen atoms in total. The van der Waals surface area contributed by atoms with Crippen molar-refractivity contribution < 1.29 is 19.1 Å². The van der Waals surface area contributed by atoms with Crippen molar-refractivity contribution in [1.29, 1.82) is 0 Å². The van der Waals surface area contributed by atoms with Gasteiger partial charge in [0.15, 0.2) is 0 Å². The summed E-state index contributed by atoms with van der Waals surface area (Å²) in [5, 5.41) is 9.48. The molecule has 1 N–H and O–H groups in total. The Bertz CT molecular complexity index is 814. The molecule has 1 fully saturated rings. The van der Waals surface area contributed by atoms with E-state index in [4.69, 9.17) is 4.42 Å². The monoisotopic (exact) mass is 359 g/mol. The standard InChI is InChI=1S/C17H13NO4S2/c19-14-8-15-18(14)9-12(16(20)21)17(24-15)23-11-5-3-10(4-6-11)13-2-1-7-22-13/h1-7,9,15,17H,8H2,(H,20,21)/t15-,17?/m1/s1. The molecule has 0 saturated carbocycles. The predicted octanol–water partition coefficient (Wildman–Crippen LogP) is 3.64. The van der Waals surface area contributed by atoms with Gasteiger partial charge in [0.05, 0.1) is 28.2 Å². The van der Waals surface area contributed by atoms with Crippen LogP contribution >= 0.6 is 23.5 Å². The van der Waals surface area contributed by atoms with Gasteiger partial charge in [-0.2, -0.15) is 0 Å². The van der Waals surface area contributed by atoms with Crippen LogP contribution in [0.25, 0.3) is 11.3 Å². The first kappa shape index (κ1) is 15.4. The third kappa shape index (κ3) is 2.74. The van der Waals surface area contributed by atoms with E-state index in [0.29, 0.717) is 6.42 Å². The fourth-order valence-electron chi connectivity index (χ4n) is 2.61. The van der Waals surface area contributed by atoms with Gasteiger partial charge in [-0.3, -0.25) is 4.79 Å². The molecule has 2 atom stereocenters. The number of hydrogen-bond acceptors (Lipinski definition) is 5. The van der Waals surface area contributed by atoms with E-state index in [9.17, 15) is 14.7 Å². The molecular weight excluding hydrogens is 346 g/mol. The molecule has 0 spiro atoms. The number of carboxylic acids is 1. The van der Waals surface area contributed by atoms with Crippen LogP contribution in [0.15, 0.2) is 63.7 Å². The smallest absolute Gasteiger partial charge is 0.335 e. The van der Waals surface area contributed by atoms with Crippen molar-refractivity contribution >= 4 is 35.4 Å². The lowest BCUT2D eigenvalue weighted by atomic mass is 10.2. The van der Waals surface area contributed by atoms with Gasteiger partial charge in [0.2, 0.25) is 5.91 Å². The highest BCUT2D eigenvalue weighted by Crippen LogP contribution is 2.46. The second-order valence-corrected chi connectivity index (χ2v) is 8.20. The molecular formula is C17H13NO4S2. The Labute approximate surface area is 146 Å². The van der Waals surface area contributed by atoms with Crippen LogP contribution < -0.4 is 0 Å². The maximum absolute atomic E-state index is 11.5. The van der Waals surface area contributed by atoms with Crippen LogP contribution in [-0.4, -0.2) is 31.8 Å². The number of carboxylic acid groups (broad SMARTS) is 1. The molecule has 2 aliphatic heterocycles. The molecule has 1 aromatic carbocycles. The van der Waals surface area contributed by atoms with Gasteiger partial charge in [0, 0.05) is 16.7 Å². The summed E-state index contributed by atoms with van der Waals surface area (Å²) in [5.41, 5.74) is 1.23. The van der Waals surface area contributed by atoms with E-state index in [0.717, 1.165) is 16.2 Å². The zero-order valence-corrected chi connectivity index (χ0v) is 14.0. The normalized spacial score (nSPS) is 22.6. The van der Waals surface area contributed by atoms with Gasteiger partial charge in [-0.15, -0.1) is 23.5 Å². The van der Waals surface area contributed by atoms with Gasteiger partial charge in [0.1, 0.15) is 5.76 Å². The molecule has 0 bridgehead atoms. The molecule has 4 rings (SSSR count). The van der Waals surface area contributed by atoms with Crippen LogP contribution in [0.3, 0.4) is 0 Å². The summed E-state index contributed by atoms with van der Waals surface area (Å²) in [4.78, 5) is 25.5. The first-order valence-corrected chi connectivity index (χ1v) is 9.16. The summed E-state index contributed by atoms with van der Waals surface area (Å²) in [6.45, 7) is 0. The third-order valence-corrected chi connectivity index (χ3v) is 6.75. The average Bonchev–Trinajstić information content (AvgIpc) is 3.09. The Balaban J connectivity index is 1.53. The van der Waals surface area contributed by atoms with Crippen molar-refractivity contribution in [2.45, 2.75) is 21.3 Å². The van der Waals surface area contributed by atoms with E-state index in [1.54, 1.807) is 6.26 Å². The average molecular weight is 359 g/mol. The Hall–Kier alpha value is -2.12. The van der Waals surface area contributed by atoms with Crippen LogP contribution in [-0.2, 0) is 9.59 Å². The van der Waals surface area contributed by atoms with Crippen molar-refractivity contribution in [3.8, 4) is 11.3 Å². The minimum Gasteiger partial charge on any atom is -0.478 e. The first-order valence-electron chi connectivity index (χ1n) is 7.34. The number of fused-ring (bicyclic) bond motifs is 1. The number of aliphatic carboxylic acids is 1. The fraction of sp³-hybridized carbons (Fsp3) is 0.176. The minimum absolute atomic E-state index is 0.0162. The summed E-state index contributed by atoms with van der Waals surface area (Å²) < 4.78 is 5.14. The van der Waals surface area contributed by atoms with Gasteiger partial charge >= 0.3 is 5.97 Å². The van der Waals surface area contributed by atoms with Gasteiger partial charge in [-0.05, 0) is 24.3 Å². The molecule has 7 heteroatoms. The number of carbonyl (C=O) groups excluding carboxylic acids is 1. The lowest BCUT2D eigenvalue weighted by Crippen LogP contribution is -2.50. The first-order chi connectivity index (χ1) is 11.6. The summed E-state index contributed by atoms with van der Waals surface area (Å²) in [6, 6.07) is 11.6. The van der Waals surface area contributed by atoms with E-state index in [1.807, 2.05) is 36.4 Å². The van der Waals surface area contributed by atoms with Crippen molar-refractivity contribution in [2.75, 3.05) is 0 Å². The van der Waals surface area contributed by atoms with Gasteiger partial charge in [-0.1, -0.05) is 12.1 Å². The van der Waals surface area contributed by atoms with Gasteiger partial charge in [0.25, 0.3) is 0 Å². The Morgan fingerprint density at radius 3 is 2.71 bits per heavy atom. The molecule has 1 amide bonds. The van der Waals surface area contributed by atoms with E-state index in [2.05, 4.69) is 0 Å². The van der Waals surface area contributed by atoms with Gasteiger partial charge in [-0.25, -0.2) is 4.79 Å². The molecule has 0 radical (unpaired) electrons. The SMILES string of the molecule is O=C(O)C1=CN2C(=O)C[C@H]2SC1Sc1ccc(-c2ccco2)cc1. The van der Waals surface area contributed by atoms with Crippen LogP contribution in [0.4, 0.5) is 0 Å². The molecule has 3 heterocycles. The van der Waals surface area contributed by atoms with Gasteiger partial charge < -0.3 is 14.4 Å². The molecule has 1 unspecified atom stereocenters. The number of rotatable bonds is 4. The predicted molar refractivity (Wildman–Crippen MR) is 92.3 cm³/mol. The second-order valence-electron chi connectivity index (χ2n) is 5.44. The second kappa shape index (κ2) is 6.07. The number of benzene rings is 1. The van der Waals surface area contributed by atoms with Crippen molar-refractivity contribution in [1.82, 2.24) is 4.90 Å². The third-order valence-electron chi connectivity index (χ3n) is 3.91. The van der Waals surface area contributed by atoms with Crippen molar-refractivity contribution in [3.63, 3.8) is 0 Å². The lowest BCUT2D eigenvalue weighted by molar-refractivity contribution is -0.137. The Kier molecular flexibility index (Phi) is 3.90. The van der Waals surface area contributed by atoms with E-state index in [1.165, 1.54) is 34.6 Å². The molecule has 2 aromatic rings. The highest BCUT2D eigenvalue weighted by atomic mass is 32.2. The molecule has 2 aliphatic rings. The molecule has 1 saturated heterocycles.